The van der Waals surface area contributed by atoms with Gasteiger partial charge in [-0.05, 0) is 61.1 Å². The first-order chi connectivity index (χ1) is 12.6. The fourth-order valence-corrected chi connectivity index (χ4v) is 5.69. The zero-order valence-electron chi connectivity index (χ0n) is 16.3. The number of rotatable bonds is 7. The molecule has 26 heavy (non-hydrogen) atoms. The molecule has 0 saturated carbocycles. The first-order valence-corrected chi connectivity index (χ1v) is 11.1. The Kier molecular flexibility index (Phi) is 6.82. The molecule has 1 heterocycles. The number of hydrogen-bond acceptors (Lipinski definition) is 4. The van der Waals surface area contributed by atoms with E-state index in [0.29, 0.717) is 29.4 Å². The first kappa shape index (κ1) is 19.5. The molecule has 1 aromatic carbocycles. The van der Waals surface area contributed by atoms with Gasteiger partial charge in [-0.2, -0.15) is 11.8 Å². The van der Waals surface area contributed by atoms with Gasteiger partial charge in [-0.25, -0.2) is 0 Å². The summed E-state index contributed by atoms with van der Waals surface area (Å²) in [4.78, 5) is 14.0. The van der Waals surface area contributed by atoms with E-state index in [-0.39, 0.29) is 0 Å². The molecule has 1 saturated heterocycles. The second kappa shape index (κ2) is 9.09. The number of likely N-dealkylation sites (tertiary alicyclic amines) is 1. The molecule has 0 amide bonds. The Bertz CT molecular complexity index is 657. The van der Waals surface area contributed by atoms with Gasteiger partial charge in [0.2, 0.25) is 0 Å². The van der Waals surface area contributed by atoms with Crippen molar-refractivity contribution >= 4 is 23.1 Å². The van der Waals surface area contributed by atoms with Crippen molar-refractivity contribution in [2.75, 3.05) is 31.6 Å². The van der Waals surface area contributed by atoms with Crippen molar-refractivity contribution in [3.05, 3.63) is 41.6 Å². The van der Waals surface area contributed by atoms with Crippen LogP contribution < -0.4 is 5.32 Å². The number of benzene rings is 1. The van der Waals surface area contributed by atoms with Gasteiger partial charge in [-0.1, -0.05) is 31.2 Å². The van der Waals surface area contributed by atoms with Gasteiger partial charge in [-0.3, -0.25) is 9.69 Å². The third-order valence-electron chi connectivity index (χ3n) is 5.64. The molecule has 0 radical (unpaired) electrons. The van der Waals surface area contributed by atoms with Crippen molar-refractivity contribution in [2.24, 2.45) is 5.92 Å². The topological polar surface area (TPSA) is 32.3 Å². The lowest BCUT2D eigenvalue weighted by Crippen LogP contribution is -2.50. The Balaban J connectivity index is 1.85. The van der Waals surface area contributed by atoms with E-state index in [2.05, 4.69) is 47.6 Å². The van der Waals surface area contributed by atoms with Gasteiger partial charge in [0.15, 0.2) is 0 Å². The summed E-state index contributed by atoms with van der Waals surface area (Å²) in [5, 5.41) is 3.25. The summed E-state index contributed by atoms with van der Waals surface area (Å²) in [6.45, 7) is 6.32. The standard InChI is InChI=1S/C22H32N2OS/c1-4-9-24-13-17(15-26-14-16(2)25)10-21-20-8-6-5-7-19(20)18(12-23-3)11-22(21)24/h5-8,12,17,21-23H,4,9-11,13-15H2,1-3H3/b18-12-. The van der Waals surface area contributed by atoms with Crippen LogP contribution in [0.4, 0.5) is 0 Å². The summed E-state index contributed by atoms with van der Waals surface area (Å²) in [5.41, 5.74) is 4.39. The van der Waals surface area contributed by atoms with E-state index in [1.54, 1.807) is 6.92 Å². The smallest absolute Gasteiger partial charge is 0.139 e. The van der Waals surface area contributed by atoms with Crippen LogP contribution in [0.2, 0.25) is 0 Å². The lowest BCUT2D eigenvalue weighted by molar-refractivity contribution is -0.114. The zero-order valence-corrected chi connectivity index (χ0v) is 17.1. The van der Waals surface area contributed by atoms with Crippen molar-refractivity contribution in [2.45, 2.75) is 45.1 Å². The summed E-state index contributed by atoms with van der Waals surface area (Å²) >= 11 is 1.82. The zero-order chi connectivity index (χ0) is 18.5. The second-order valence-electron chi connectivity index (χ2n) is 7.74. The number of carbonyl (C=O) groups is 1. The van der Waals surface area contributed by atoms with E-state index in [9.17, 15) is 4.79 Å². The van der Waals surface area contributed by atoms with Crippen LogP contribution in [0.25, 0.3) is 5.57 Å². The molecule has 4 heteroatoms. The van der Waals surface area contributed by atoms with Crippen LogP contribution in [0, 0.1) is 5.92 Å². The highest BCUT2D eigenvalue weighted by molar-refractivity contribution is 7.99. The predicted molar refractivity (Wildman–Crippen MR) is 113 cm³/mol. The van der Waals surface area contributed by atoms with Crippen LogP contribution in [0.15, 0.2) is 30.5 Å². The minimum Gasteiger partial charge on any atom is -0.394 e. The molecule has 0 aromatic heterocycles. The molecule has 0 bridgehead atoms. The molecule has 1 N–H and O–H groups in total. The van der Waals surface area contributed by atoms with E-state index in [4.69, 9.17) is 0 Å². The first-order valence-electron chi connectivity index (χ1n) is 9.90. The molecule has 3 atom stereocenters. The summed E-state index contributed by atoms with van der Waals surface area (Å²) in [5.74, 6) is 3.34. The van der Waals surface area contributed by atoms with Crippen molar-refractivity contribution in [1.29, 1.82) is 0 Å². The van der Waals surface area contributed by atoms with Gasteiger partial charge in [0.1, 0.15) is 5.78 Å². The number of fused-ring (bicyclic) bond motifs is 3. The molecule has 3 rings (SSSR count). The lowest BCUT2D eigenvalue weighted by Gasteiger charge is -2.48. The van der Waals surface area contributed by atoms with Crippen LogP contribution in [0.1, 0.15) is 50.2 Å². The molecular formula is C22H32N2OS. The largest absolute Gasteiger partial charge is 0.394 e. The van der Waals surface area contributed by atoms with E-state index in [1.807, 2.05) is 18.8 Å². The number of nitrogens with one attached hydrogen (secondary N) is 1. The molecule has 142 valence electrons. The minimum atomic E-state index is 0.291. The van der Waals surface area contributed by atoms with Crippen molar-refractivity contribution in [1.82, 2.24) is 10.2 Å². The minimum absolute atomic E-state index is 0.291. The molecule has 3 unspecified atom stereocenters. The summed E-state index contributed by atoms with van der Waals surface area (Å²) in [6.07, 6.45) is 5.77. The molecule has 1 aliphatic heterocycles. The second-order valence-corrected chi connectivity index (χ2v) is 8.77. The highest BCUT2D eigenvalue weighted by atomic mass is 32.2. The Morgan fingerprint density at radius 2 is 2.19 bits per heavy atom. The number of carbonyl (C=O) groups excluding carboxylic acids is 1. The normalized spacial score (nSPS) is 27.0. The van der Waals surface area contributed by atoms with Crippen LogP contribution in [0.3, 0.4) is 0 Å². The van der Waals surface area contributed by atoms with Crippen molar-refractivity contribution in [3.63, 3.8) is 0 Å². The van der Waals surface area contributed by atoms with Crippen LogP contribution in [0.5, 0.6) is 0 Å². The molecule has 1 fully saturated rings. The average molecular weight is 373 g/mol. The Hall–Kier alpha value is -1.26. The number of ketones is 1. The van der Waals surface area contributed by atoms with Crippen molar-refractivity contribution < 1.29 is 4.79 Å². The van der Waals surface area contributed by atoms with Gasteiger partial charge in [0.05, 0.1) is 5.75 Å². The molecule has 2 aliphatic rings. The van der Waals surface area contributed by atoms with E-state index >= 15 is 0 Å². The number of hydrogen-bond donors (Lipinski definition) is 1. The van der Waals surface area contributed by atoms with E-state index in [0.717, 1.165) is 12.2 Å². The monoisotopic (exact) mass is 372 g/mol. The van der Waals surface area contributed by atoms with Gasteiger partial charge < -0.3 is 5.32 Å². The number of thioether (sulfide) groups is 1. The molecule has 3 nitrogen and oxygen atoms in total. The molecule has 1 aromatic rings. The molecule has 0 spiro atoms. The lowest BCUT2D eigenvalue weighted by atomic mass is 9.70. The Labute approximate surface area is 162 Å². The van der Waals surface area contributed by atoms with Gasteiger partial charge >= 0.3 is 0 Å². The quantitative estimate of drug-likeness (QED) is 0.779. The Morgan fingerprint density at radius 3 is 2.92 bits per heavy atom. The number of nitrogens with zero attached hydrogens (tertiary/aromatic N) is 1. The van der Waals surface area contributed by atoms with E-state index < -0.39 is 0 Å². The maximum absolute atomic E-state index is 11.3. The van der Waals surface area contributed by atoms with Gasteiger partial charge in [0, 0.05) is 31.8 Å². The Morgan fingerprint density at radius 1 is 1.38 bits per heavy atom. The molecule has 1 aliphatic carbocycles. The van der Waals surface area contributed by atoms with Gasteiger partial charge in [0.25, 0.3) is 0 Å². The maximum Gasteiger partial charge on any atom is 0.139 e. The van der Waals surface area contributed by atoms with Crippen LogP contribution in [-0.2, 0) is 4.79 Å². The predicted octanol–water partition coefficient (Wildman–Crippen LogP) is 4.16. The highest BCUT2D eigenvalue weighted by Crippen LogP contribution is 2.46. The van der Waals surface area contributed by atoms with Crippen LogP contribution >= 0.6 is 11.8 Å². The fraction of sp³-hybridized carbons (Fsp3) is 0.591. The number of piperidine rings is 1. The van der Waals surface area contributed by atoms with Crippen LogP contribution in [-0.4, -0.2) is 48.4 Å². The van der Waals surface area contributed by atoms with Gasteiger partial charge in [-0.15, -0.1) is 0 Å². The number of Topliss-reactive ketones (excluding diaryl/α,β-unsaturated/α-hetero) is 1. The summed E-state index contributed by atoms with van der Waals surface area (Å²) in [7, 11) is 1.99. The maximum atomic E-state index is 11.3. The third-order valence-corrected chi connectivity index (χ3v) is 6.95. The van der Waals surface area contributed by atoms with Crippen molar-refractivity contribution in [3.8, 4) is 0 Å². The highest BCUT2D eigenvalue weighted by Gasteiger charge is 2.40. The summed E-state index contributed by atoms with van der Waals surface area (Å²) < 4.78 is 0. The SMILES string of the molecule is CCCN1CC(CSCC(C)=O)CC2c3ccccc3/C(=C\NC)CC21. The average Bonchev–Trinajstić information content (AvgIpc) is 2.63. The van der Waals surface area contributed by atoms with E-state index in [1.165, 1.54) is 42.6 Å². The molecular weight excluding hydrogens is 340 g/mol. The fourth-order valence-electron chi connectivity index (χ4n) is 4.71. The summed E-state index contributed by atoms with van der Waals surface area (Å²) in [6, 6.07) is 9.59. The third kappa shape index (κ3) is 4.34.